The number of aryl methyl sites for hydroxylation is 2. The molecule has 0 bridgehead atoms. The molecule has 1 aromatic carbocycles. The number of hydrogen-bond acceptors (Lipinski definition) is 4. The first-order chi connectivity index (χ1) is 14.3. The predicted molar refractivity (Wildman–Crippen MR) is 125 cm³/mol. The van der Waals surface area contributed by atoms with Gasteiger partial charge >= 0.3 is 5.69 Å². The fourth-order valence-electron chi connectivity index (χ4n) is 2.35. The van der Waals surface area contributed by atoms with Crippen molar-refractivity contribution >= 4 is 20.9 Å². The number of allylic oxidation sites excluding steroid dienone is 4. The van der Waals surface area contributed by atoms with E-state index >= 15 is 0 Å². The molecule has 0 saturated heterocycles. The normalized spacial score (nSPS) is 10.9. The number of fused-ring (bicyclic) bond motifs is 1. The maximum absolute atomic E-state index is 12.8. The number of hydrogen-bond donors (Lipinski definition) is 0. The molecule has 0 atom stereocenters. The highest BCUT2D eigenvalue weighted by molar-refractivity contribution is 7.94. The Balaban J connectivity index is 0. The van der Waals surface area contributed by atoms with E-state index in [2.05, 4.69) is 6.58 Å². The number of benzene rings is 1. The fourth-order valence-corrected chi connectivity index (χ4v) is 3.75. The lowest BCUT2D eigenvalue weighted by Gasteiger charge is -2.12. The van der Waals surface area contributed by atoms with Crippen molar-refractivity contribution in [2.75, 3.05) is 7.18 Å². The first-order valence-electron chi connectivity index (χ1n) is 9.57. The molecule has 0 fully saturated rings. The zero-order chi connectivity index (χ0) is 24.1. The van der Waals surface area contributed by atoms with Crippen molar-refractivity contribution in [1.29, 1.82) is 0 Å². The van der Waals surface area contributed by atoms with Crippen LogP contribution in [0.15, 0.2) is 63.6 Å². The van der Waals surface area contributed by atoms with Crippen molar-refractivity contribution in [3.05, 3.63) is 80.4 Å². The molecule has 168 valence electrons. The Labute approximate surface area is 178 Å². The maximum Gasteiger partial charge on any atom is 0.345 e. The molecule has 6 nitrogen and oxygen atoms in total. The second-order valence-corrected chi connectivity index (χ2v) is 7.01. The highest BCUT2D eigenvalue weighted by Crippen LogP contribution is 2.13. The quantitative estimate of drug-likeness (QED) is 0.657. The molecular weight excluding hydrogens is 407 g/mol. The Morgan fingerprint density at radius 2 is 1.63 bits per heavy atom. The van der Waals surface area contributed by atoms with E-state index in [1.807, 2.05) is 34.6 Å². The van der Waals surface area contributed by atoms with Gasteiger partial charge < -0.3 is 0 Å². The van der Waals surface area contributed by atoms with Gasteiger partial charge in [0, 0.05) is 7.05 Å². The van der Waals surface area contributed by atoms with Gasteiger partial charge in [-0.15, -0.1) is 3.97 Å². The van der Waals surface area contributed by atoms with E-state index in [-0.39, 0.29) is 10.3 Å². The van der Waals surface area contributed by atoms with Crippen LogP contribution in [-0.2, 0) is 17.1 Å². The minimum Gasteiger partial charge on any atom is -0.295 e. The molecule has 0 aliphatic rings. The van der Waals surface area contributed by atoms with Gasteiger partial charge in [-0.25, -0.2) is 13.2 Å². The summed E-state index contributed by atoms with van der Waals surface area (Å²) in [5.41, 5.74) is -0.524. The number of nitrogens with zero attached hydrogens (tertiary/aromatic N) is 2. The minimum atomic E-state index is -4.31. The molecule has 2 aromatic rings. The molecule has 1 aromatic heterocycles. The first-order valence-corrected chi connectivity index (χ1v) is 11.0. The zero-order valence-electron chi connectivity index (χ0n) is 19.1. The van der Waals surface area contributed by atoms with Crippen LogP contribution in [0.25, 0.3) is 10.9 Å². The van der Waals surface area contributed by atoms with Crippen molar-refractivity contribution in [2.24, 2.45) is 7.05 Å². The van der Waals surface area contributed by atoms with Crippen LogP contribution in [0.3, 0.4) is 0 Å². The van der Waals surface area contributed by atoms with Crippen molar-refractivity contribution in [2.45, 2.75) is 41.5 Å². The lowest BCUT2D eigenvalue weighted by atomic mass is 10.2. The number of halogens is 1. The van der Waals surface area contributed by atoms with E-state index in [0.717, 1.165) is 10.1 Å². The van der Waals surface area contributed by atoms with E-state index in [0.29, 0.717) is 16.7 Å². The highest BCUT2D eigenvalue weighted by atomic mass is 32.2. The molecule has 8 heteroatoms. The van der Waals surface area contributed by atoms with Crippen LogP contribution in [-0.4, -0.2) is 24.1 Å². The molecule has 0 spiro atoms. The Morgan fingerprint density at radius 1 is 1.10 bits per heavy atom. The number of rotatable bonds is 4. The smallest absolute Gasteiger partial charge is 0.295 e. The van der Waals surface area contributed by atoms with Crippen LogP contribution in [0.2, 0.25) is 0 Å². The van der Waals surface area contributed by atoms with Gasteiger partial charge in [-0.05, 0) is 37.6 Å². The first kappa shape index (κ1) is 29.5. The van der Waals surface area contributed by atoms with Gasteiger partial charge in [0.1, 0.15) is 0 Å². The molecule has 2 rings (SSSR count). The van der Waals surface area contributed by atoms with Crippen LogP contribution in [0.5, 0.6) is 0 Å². The fraction of sp³-hybridized carbons (Fsp3) is 0.364. The van der Waals surface area contributed by atoms with Gasteiger partial charge in [0.2, 0.25) is 0 Å². The standard InChI is InChI=1S/C17H18N2O4S.2C2H6.CH3F/c1-5-7-8-13(6-2)24(22,23)19-16(20)14-10-9-12(3)11-15(14)18(4)17(19)21;3*1-2/h5-11H,1H2,2-4H3;2*1-2H3;1H3/b8-7-,13-6+;;;. The molecule has 1 heterocycles. The second kappa shape index (κ2) is 14.3. The molecule has 0 aliphatic heterocycles. The minimum absolute atomic E-state index is 0.159. The lowest BCUT2D eigenvalue weighted by molar-refractivity contribution is 0.587. The largest absolute Gasteiger partial charge is 0.345 e. The lowest BCUT2D eigenvalue weighted by Crippen LogP contribution is -2.43. The number of alkyl halides is 1. The van der Waals surface area contributed by atoms with E-state index in [1.54, 1.807) is 12.1 Å². The third kappa shape index (κ3) is 6.38. The van der Waals surface area contributed by atoms with Gasteiger partial charge in [-0.1, -0.05) is 58.6 Å². The van der Waals surface area contributed by atoms with Gasteiger partial charge in [-0.3, -0.25) is 13.8 Å². The Hall–Kier alpha value is -2.74. The van der Waals surface area contributed by atoms with Gasteiger partial charge in [0.25, 0.3) is 15.6 Å². The molecular formula is C22H33FN2O4S. The SMILES string of the molecule is C=C/C=C\C(=C/C)S(=O)(=O)n1c(=O)c2ccc(C)cc2n(C)c1=O.CC.CC.CF. The summed E-state index contributed by atoms with van der Waals surface area (Å²) in [6, 6.07) is 4.88. The van der Waals surface area contributed by atoms with Crippen molar-refractivity contribution in [1.82, 2.24) is 8.54 Å². The van der Waals surface area contributed by atoms with E-state index in [9.17, 15) is 22.4 Å². The summed E-state index contributed by atoms with van der Waals surface area (Å²) in [7, 11) is -2.38. The average Bonchev–Trinajstić information content (AvgIpc) is 2.76. The molecule has 0 radical (unpaired) electrons. The molecule has 0 N–H and O–H groups in total. The van der Waals surface area contributed by atoms with E-state index in [4.69, 9.17) is 0 Å². The highest BCUT2D eigenvalue weighted by Gasteiger charge is 2.24. The van der Waals surface area contributed by atoms with Gasteiger partial charge in [0.05, 0.1) is 23.0 Å². The van der Waals surface area contributed by atoms with Crippen molar-refractivity contribution in [3.63, 3.8) is 0 Å². The van der Waals surface area contributed by atoms with Crippen LogP contribution >= 0.6 is 0 Å². The van der Waals surface area contributed by atoms with Crippen LogP contribution in [0.1, 0.15) is 40.2 Å². The summed E-state index contributed by atoms with van der Waals surface area (Å²) in [6.45, 7) is 14.8. The third-order valence-electron chi connectivity index (χ3n) is 3.61. The second-order valence-electron chi connectivity index (χ2n) is 5.22. The van der Waals surface area contributed by atoms with Crippen LogP contribution in [0.4, 0.5) is 4.39 Å². The summed E-state index contributed by atoms with van der Waals surface area (Å²) in [6.07, 6.45) is 5.43. The van der Waals surface area contributed by atoms with Crippen LogP contribution < -0.4 is 11.2 Å². The third-order valence-corrected chi connectivity index (χ3v) is 5.38. The summed E-state index contributed by atoms with van der Waals surface area (Å²) >= 11 is 0. The summed E-state index contributed by atoms with van der Waals surface area (Å²) in [4.78, 5) is 25.0. The summed E-state index contributed by atoms with van der Waals surface area (Å²) in [5, 5.41) is 0.162. The maximum atomic E-state index is 12.8. The molecule has 0 aliphatic carbocycles. The monoisotopic (exact) mass is 440 g/mol. The van der Waals surface area contributed by atoms with Crippen molar-refractivity contribution < 1.29 is 12.8 Å². The molecule has 0 saturated carbocycles. The Bertz CT molecular complexity index is 1110. The number of aromatic nitrogens is 2. The van der Waals surface area contributed by atoms with E-state index in [1.165, 1.54) is 44.3 Å². The van der Waals surface area contributed by atoms with E-state index < -0.39 is 21.3 Å². The van der Waals surface area contributed by atoms with Gasteiger partial charge in [0.15, 0.2) is 0 Å². The van der Waals surface area contributed by atoms with Crippen LogP contribution in [0, 0.1) is 6.92 Å². The Morgan fingerprint density at radius 3 is 2.10 bits per heavy atom. The summed E-state index contributed by atoms with van der Waals surface area (Å²) in [5.74, 6) is 0. The molecule has 30 heavy (non-hydrogen) atoms. The summed E-state index contributed by atoms with van der Waals surface area (Å²) < 4.78 is 36.5. The molecule has 0 amide bonds. The topological polar surface area (TPSA) is 78.1 Å². The average molecular weight is 441 g/mol. The van der Waals surface area contributed by atoms with Crippen molar-refractivity contribution in [3.8, 4) is 0 Å². The molecule has 0 unspecified atom stereocenters. The Kier molecular flexibility index (Phi) is 14.0. The predicted octanol–water partition coefficient (Wildman–Crippen LogP) is 4.47. The van der Waals surface area contributed by atoms with Gasteiger partial charge in [-0.2, -0.15) is 0 Å². The zero-order valence-corrected chi connectivity index (χ0v) is 19.9.